The first-order valence-electron chi connectivity index (χ1n) is 13.2. The molecule has 1 N–H and O–H groups in total. The minimum atomic E-state index is -2.42. The largest absolute Gasteiger partial charge is 0.490 e. The standard InChI is InChI=1S/C28H32N8O3S/c1-5-12-35-27(37)22-16-29-28(32-26(22)36(35)25-8-6-7-24(31-25)33-40(3,4)38)30-19-14-18-17-34(2)13-11-21(18)23(15-19)39-20-9-10-20/h5-8,14-16,20H,1,9-13,17H2,2-4H3,(H,29,30,32). The van der Waals surface area contributed by atoms with Crippen molar-refractivity contribution in [2.24, 2.45) is 4.36 Å². The molecule has 0 unspecified atom stereocenters. The second-order valence-corrected chi connectivity index (χ2v) is 13.1. The van der Waals surface area contributed by atoms with E-state index >= 15 is 0 Å². The molecule has 0 atom stereocenters. The molecule has 12 heteroatoms. The summed E-state index contributed by atoms with van der Waals surface area (Å²) in [6.07, 6.45) is 9.65. The second kappa shape index (κ2) is 10.2. The molecule has 208 valence electrons. The van der Waals surface area contributed by atoms with E-state index in [1.807, 2.05) is 6.07 Å². The highest BCUT2D eigenvalue weighted by molar-refractivity contribution is 7.92. The van der Waals surface area contributed by atoms with Crippen LogP contribution in [0.25, 0.3) is 16.9 Å². The van der Waals surface area contributed by atoms with E-state index in [4.69, 9.17) is 9.72 Å². The Morgan fingerprint density at radius 2 is 2.08 bits per heavy atom. The predicted octanol–water partition coefficient (Wildman–Crippen LogP) is 3.80. The Kier molecular flexibility index (Phi) is 6.67. The van der Waals surface area contributed by atoms with Gasteiger partial charge in [0.15, 0.2) is 17.3 Å². The highest BCUT2D eigenvalue weighted by Gasteiger charge is 2.27. The highest BCUT2D eigenvalue weighted by Crippen LogP contribution is 2.36. The fourth-order valence-electron chi connectivity index (χ4n) is 4.89. The zero-order chi connectivity index (χ0) is 28.0. The topological polar surface area (TPSA) is 120 Å². The number of pyridine rings is 1. The lowest BCUT2D eigenvalue weighted by atomic mass is 9.98. The van der Waals surface area contributed by atoms with Crippen LogP contribution >= 0.6 is 0 Å². The molecule has 1 saturated carbocycles. The summed E-state index contributed by atoms with van der Waals surface area (Å²) in [5.74, 6) is 1.98. The maximum absolute atomic E-state index is 13.3. The van der Waals surface area contributed by atoms with Crippen molar-refractivity contribution in [1.29, 1.82) is 0 Å². The zero-order valence-electron chi connectivity index (χ0n) is 22.8. The lowest BCUT2D eigenvalue weighted by molar-refractivity contribution is 0.281. The van der Waals surface area contributed by atoms with Crippen LogP contribution in [-0.2, 0) is 29.2 Å². The quantitative estimate of drug-likeness (QED) is 0.323. The lowest BCUT2D eigenvalue weighted by Gasteiger charge is -2.27. The predicted molar refractivity (Wildman–Crippen MR) is 157 cm³/mol. The number of fused-ring (bicyclic) bond motifs is 2. The number of ether oxygens (including phenoxy) is 1. The van der Waals surface area contributed by atoms with Gasteiger partial charge in [-0.2, -0.15) is 9.35 Å². The smallest absolute Gasteiger partial charge is 0.278 e. The van der Waals surface area contributed by atoms with Gasteiger partial charge in [-0.05, 0) is 50.1 Å². The van der Waals surface area contributed by atoms with Crippen molar-refractivity contribution in [3.63, 3.8) is 0 Å². The molecule has 1 aliphatic carbocycles. The molecule has 4 heterocycles. The van der Waals surface area contributed by atoms with Gasteiger partial charge in [0, 0.05) is 58.8 Å². The first-order valence-corrected chi connectivity index (χ1v) is 15.5. The van der Waals surface area contributed by atoms with Gasteiger partial charge >= 0.3 is 0 Å². The van der Waals surface area contributed by atoms with Crippen LogP contribution in [0.4, 0.5) is 17.5 Å². The average molecular weight is 561 g/mol. The summed E-state index contributed by atoms with van der Waals surface area (Å²) in [6.45, 7) is 5.87. The van der Waals surface area contributed by atoms with Crippen LogP contribution in [0.3, 0.4) is 0 Å². The molecule has 0 saturated heterocycles. The first-order chi connectivity index (χ1) is 19.2. The normalized spacial score (nSPS) is 15.6. The second-order valence-electron chi connectivity index (χ2n) is 10.6. The van der Waals surface area contributed by atoms with Crippen molar-refractivity contribution in [2.45, 2.75) is 38.5 Å². The van der Waals surface area contributed by atoms with Gasteiger partial charge in [-0.3, -0.25) is 4.79 Å². The summed E-state index contributed by atoms with van der Waals surface area (Å²) in [4.78, 5) is 29.4. The van der Waals surface area contributed by atoms with E-state index in [-0.39, 0.29) is 18.2 Å². The van der Waals surface area contributed by atoms with Gasteiger partial charge in [0.25, 0.3) is 5.56 Å². The monoisotopic (exact) mass is 560 g/mol. The number of hydrogen-bond donors (Lipinski definition) is 1. The number of nitrogens with zero attached hydrogens (tertiary/aromatic N) is 7. The number of nitrogens with one attached hydrogen (secondary N) is 1. The van der Waals surface area contributed by atoms with Crippen LogP contribution in [0.2, 0.25) is 0 Å². The van der Waals surface area contributed by atoms with E-state index in [0.717, 1.165) is 43.8 Å². The Morgan fingerprint density at radius 1 is 1.25 bits per heavy atom. The Morgan fingerprint density at radius 3 is 2.83 bits per heavy atom. The van der Waals surface area contributed by atoms with Crippen LogP contribution in [0.5, 0.6) is 5.75 Å². The van der Waals surface area contributed by atoms with Crippen LogP contribution in [0.1, 0.15) is 24.0 Å². The number of allylic oxidation sites excluding steroid dienone is 1. The van der Waals surface area contributed by atoms with Crippen molar-refractivity contribution in [1.82, 2.24) is 29.2 Å². The zero-order valence-corrected chi connectivity index (χ0v) is 23.6. The van der Waals surface area contributed by atoms with Gasteiger partial charge in [-0.15, -0.1) is 6.58 Å². The summed E-state index contributed by atoms with van der Waals surface area (Å²) in [6, 6.07) is 9.32. The third-order valence-corrected chi connectivity index (χ3v) is 7.41. The minimum Gasteiger partial charge on any atom is -0.490 e. The maximum atomic E-state index is 13.3. The molecule has 0 spiro atoms. The van der Waals surface area contributed by atoms with Crippen molar-refractivity contribution < 1.29 is 8.95 Å². The number of anilines is 2. The Hall–Kier alpha value is -4.03. The van der Waals surface area contributed by atoms with E-state index in [2.05, 4.69) is 44.2 Å². The van der Waals surface area contributed by atoms with E-state index in [0.29, 0.717) is 28.6 Å². The molecule has 0 bridgehead atoms. The summed E-state index contributed by atoms with van der Waals surface area (Å²) in [5.41, 5.74) is 3.43. The maximum Gasteiger partial charge on any atom is 0.278 e. The Balaban J connectivity index is 1.44. The Labute approximate surface area is 232 Å². The van der Waals surface area contributed by atoms with E-state index in [1.54, 1.807) is 41.5 Å². The van der Waals surface area contributed by atoms with Gasteiger partial charge in [-0.25, -0.2) is 23.5 Å². The lowest BCUT2D eigenvalue weighted by Crippen LogP contribution is -2.27. The van der Waals surface area contributed by atoms with E-state index < -0.39 is 9.73 Å². The summed E-state index contributed by atoms with van der Waals surface area (Å²) >= 11 is 0. The molecule has 4 aromatic rings. The SMILES string of the molecule is C=CCn1c(=O)c2cnc(Nc3cc4c(c(OC5CC5)c3)CCN(C)C4)nc2n1-c1cccc(N=S(C)(C)=O)n1. The number of rotatable bonds is 8. The summed E-state index contributed by atoms with van der Waals surface area (Å²) in [5, 5.41) is 3.68. The molecule has 0 radical (unpaired) electrons. The number of likely N-dealkylation sites (N-methyl/N-ethyl adjacent to an activating group) is 1. The van der Waals surface area contributed by atoms with E-state index in [1.165, 1.54) is 22.0 Å². The minimum absolute atomic E-state index is 0.236. The van der Waals surface area contributed by atoms with Crippen LogP contribution in [0.15, 0.2) is 58.3 Å². The van der Waals surface area contributed by atoms with Crippen LogP contribution < -0.4 is 15.6 Å². The van der Waals surface area contributed by atoms with Crippen molar-refractivity contribution in [3.05, 3.63) is 70.7 Å². The molecule has 40 heavy (non-hydrogen) atoms. The molecule has 3 aromatic heterocycles. The van der Waals surface area contributed by atoms with Gasteiger partial charge in [-0.1, -0.05) is 12.1 Å². The molecule has 1 aromatic carbocycles. The molecule has 2 aliphatic rings. The van der Waals surface area contributed by atoms with Gasteiger partial charge < -0.3 is 15.0 Å². The van der Waals surface area contributed by atoms with Gasteiger partial charge in [0.05, 0.1) is 12.6 Å². The summed E-state index contributed by atoms with van der Waals surface area (Å²) in [7, 11) is -0.308. The molecule has 1 aliphatic heterocycles. The molecule has 11 nitrogen and oxygen atoms in total. The van der Waals surface area contributed by atoms with Crippen LogP contribution in [0, 0.1) is 0 Å². The average Bonchev–Trinajstić information content (AvgIpc) is 3.67. The number of hydrogen-bond acceptors (Lipinski definition) is 9. The molecule has 6 rings (SSSR count). The fourth-order valence-corrected chi connectivity index (χ4v) is 5.44. The Bertz CT molecular complexity index is 1810. The van der Waals surface area contributed by atoms with Gasteiger partial charge in [0.1, 0.15) is 11.1 Å². The van der Waals surface area contributed by atoms with Gasteiger partial charge in [0.2, 0.25) is 5.95 Å². The van der Waals surface area contributed by atoms with Crippen LogP contribution in [-0.4, -0.2) is 65.6 Å². The third kappa shape index (κ3) is 5.36. The number of benzene rings is 1. The molecular weight excluding hydrogens is 528 g/mol. The fraction of sp³-hybridized carbons (Fsp3) is 0.357. The van der Waals surface area contributed by atoms with Crippen molar-refractivity contribution in [3.8, 4) is 11.6 Å². The van der Waals surface area contributed by atoms with Crippen molar-refractivity contribution >= 4 is 38.2 Å². The summed E-state index contributed by atoms with van der Waals surface area (Å²) < 4.78 is 25.9. The van der Waals surface area contributed by atoms with E-state index in [9.17, 15) is 9.00 Å². The highest BCUT2D eigenvalue weighted by atomic mass is 32.2. The molecule has 0 amide bonds. The first kappa shape index (κ1) is 26.2. The molecule has 1 fully saturated rings. The van der Waals surface area contributed by atoms with Crippen molar-refractivity contribution in [2.75, 3.05) is 31.4 Å². The molecular formula is C28H32N8O3S. The third-order valence-electron chi connectivity index (χ3n) is 6.79. The number of aromatic nitrogens is 5.